The van der Waals surface area contributed by atoms with Gasteiger partial charge in [-0.05, 0) is 42.5 Å². The van der Waals surface area contributed by atoms with Crippen molar-refractivity contribution in [3.8, 4) is 17.0 Å². The summed E-state index contributed by atoms with van der Waals surface area (Å²) in [6.07, 6.45) is 5.63. The second-order valence-corrected chi connectivity index (χ2v) is 7.14. The Morgan fingerprint density at radius 2 is 1.79 bits per heavy atom. The van der Waals surface area contributed by atoms with Crippen LogP contribution in [-0.4, -0.2) is 48.4 Å². The molecular weight excluding hydrogens is 366 g/mol. The van der Waals surface area contributed by atoms with Crippen LogP contribution in [0.15, 0.2) is 54.9 Å². The van der Waals surface area contributed by atoms with Crippen LogP contribution in [-0.2, 0) is 4.74 Å². The number of hydrogen-bond donors (Lipinski definition) is 1. The quantitative estimate of drug-likeness (QED) is 0.683. The van der Waals surface area contributed by atoms with Gasteiger partial charge in [0.05, 0.1) is 30.8 Å². The number of nitrogens with zero attached hydrogens (tertiary/aromatic N) is 4. The Bertz CT molecular complexity index is 923. The Balaban J connectivity index is 1.43. The van der Waals surface area contributed by atoms with Gasteiger partial charge in [0.1, 0.15) is 17.7 Å². The normalized spacial score (nSPS) is 14.4. The summed E-state index contributed by atoms with van der Waals surface area (Å²) in [5, 5.41) is 3.21. The molecule has 1 saturated heterocycles. The lowest BCUT2D eigenvalue weighted by atomic mass is 10.1. The predicted molar refractivity (Wildman–Crippen MR) is 114 cm³/mol. The Kier molecular flexibility index (Phi) is 5.86. The molecule has 0 spiro atoms. The van der Waals surface area contributed by atoms with Crippen LogP contribution in [0.1, 0.15) is 12.8 Å². The van der Waals surface area contributed by atoms with Crippen molar-refractivity contribution in [1.29, 1.82) is 0 Å². The highest BCUT2D eigenvalue weighted by molar-refractivity contribution is 5.62. The molecule has 1 aromatic carbocycles. The average molecular weight is 391 g/mol. The molecule has 7 heteroatoms. The topological polar surface area (TPSA) is 72.4 Å². The molecule has 0 saturated carbocycles. The van der Waals surface area contributed by atoms with Gasteiger partial charge in [0.15, 0.2) is 0 Å². The molecule has 1 fully saturated rings. The van der Waals surface area contributed by atoms with Crippen LogP contribution < -0.4 is 15.0 Å². The smallest absolute Gasteiger partial charge is 0.227 e. The van der Waals surface area contributed by atoms with Gasteiger partial charge in [0, 0.05) is 38.7 Å². The number of nitrogens with one attached hydrogen (secondary N) is 1. The maximum Gasteiger partial charge on any atom is 0.227 e. The van der Waals surface area contributed by atoms with Crippen molar-refractivity contribution in [1.82, 2.24) is 15.0 Å². The number of aromatic nitrogens is 3. The second kappa shape index (κ2) is 8.87. The highest BCUT2D eigenvalue weighted by Gasteiger charge is 2.15. The Hall–Kier alpha value is -3.19. The summed E-state index contributed by atoms with van der Waals surface area (Å²) in [5.41, 5.74) is 2.70. The first kappa shape index (κ1) is 19.1. The molecule has 2 aromatic heterocycles. The van der Waals surface area contributed by atoms with Crippen molar-refractivity contribution in [2.75, 3.05) is 37.5 Å². The molecule has 0 radical (unpaired) electrons. The molecule has 1 aliphatic rings. The predicted octanol–water partition coefficient (Wildman–Crippen LogP) is 3.91. The van der Waals surface area contributed by atoms with Gasteiger partial charge >= 0.3 is 0 Å². The number of hydrogen-bond acceptors (Lipinski definition) is 7. The van der Waals surface area contributed by atoms with Crippen LogP contribution in [0.25, 0.3) is 11.3 Å². The van der Waals surface area contributed by atoms with E-state index in [0.29, 0.717) is 5.95 Å². The summed E-state index contributed by atoms with van der Waals surface area (Å²) in [7, 11) is 3.92. The molecular formula is C22H25N5O2. The minimum Gasteiger partial charge on any atom is -0.490 e. The van der Waals surface area contributed by atoms with E-state index in [-0.39, 0.29) is 6.10 Å². The molecule has 0 aliphatic carbocycles. The molecule has 0 atom stereocenters. The molecule has 3 heterocycles. The van der Waals surface area contributed by atoms with Gasteiger partial charge in [-0.2, -0.15) is 0 Å². The highest BCUT2D eigenvalue weighted by atomic mass is 16.5. The van der Waals surface area contributed by atoms with Gasteiger partial charge in [-0.1, -0.05) is 0 Å². The number of benzene rings is 1. The van der Waals surface area contributed by atoms with Crippen molar-refractivity contribution < 1.29 is 9.47 Å². The Morgan fingerprint density at radius 1 is 1.00 bits per heavy atom. The molecule has 0 amide bonds. The van der Waals surface area contributed by atoms with Gasteiger partial charge in [0.25, 0.3) is 0 Å². The van der Waals surface area contributed by atoms with Crippen molar-refractivity contribution in [2.24, 2.45) is 0 Å². The summed E-state index contributed by atoms with van der Waals surface area (Å²) in [6, 6.07) is 13.8. The van der Waals surface area contributed by atoms with Crippen LogP contribution in [0.4, 0.5) is 17.5 Å². The lowest BCUT2D eigenvalue weighted by molar-refractivity contribution is 0.0256. The zero-order valence-electron chi connectivity index (χ0n) is 16.7. The van der Waals surface area contributed by atoms with E-state index in [1.54, 1.807) is 12.4 Å². The molecule has 3 aromatic rings. The van der Waals surface area contributed by atoms with Crippen molar-refractivity contribution in [2.45, 2.75) is 18.9 Å². The van der Waals surface area contributed by atoms with Crippen LogP contribution in [0.2, 0.25) is 0 Å². The van der Waals surface area contributed by atoms with E-state index in [9.17, 15) is 0 Å². The zero-order valence-corrected chi connectivity index (χ0v) is 16.7. The molecule has 4 rings (SSSR count). The SMILES string of the molecule is CN(C)c1ccc(Nc2nccc(-c3ccc(OC4CCOCC4)cc3)n2)cn1. The lowest BCUT2D eigenvalue weighted by Crippen LogP contribution is -2.25. The van der Waals surface area contributed by atoms with Crippen molar-refractivity contribution in [3.63, 3.8) is 0 Å². The number of anilines is 3. The fourth-order valence-corrected chi connectivity index (χ4v) is 3.12. The molecule has 7 nitrogen and oxygen atoms in total. The zero-order chi connectivity index (χ0) is 20.1. The Labute approximate surface area is 170 Å². The largest absolute Gasteiger partial charge is 0.490 e. The van der Waals surface area contributed by atoms with Crippen LogP contribution in [0.5, 0.6) is 5.75 Å². The fourth-order valence-electron chi connectivity index (χ4n) is 3.12. The van der Waals surface area contributed by atoms with Crippen LogP contribution in [0, 0.1) is 0 Å². The lowest BCUT2D eigenvalue weighted by Gasteiger charge is -2.23. The monoisotopic (exact) mass is 391 g/mol. The van der Waals surface area contributed by atoms with E-state index in [1.807, 2.05) is 61.5 Å². The van der Waals surface area contributed by atoms with E-state index in [4.69, 9.17) is 9.47 Å². The first-order valence-electron chi connectivity index (χ1n) is 9.76. The molecule has 29 heavy (non-hydrogen) atoms. The van der Waals surface area contributed by atoms with E-state index >= 15 is 0 Å². The van der Waals surface area contributed by atoms with Gasteiger partial charge in [0.2, 0.25) is 5.95 Å². The van der Waals surface area contributed by atoms with E-state index in [2.05, 4.69) is 20.3 Å². The van der Waals surface area contributed by atoms with Crippen molar-refractivity contribution >= 4 is 17.5 Å². The van der Waals surface area contributed by atoms with Gasteiger partial charge in [-0.3, -0.25) is 0 Å². The summed E-state index contributed by atoms with van der Waals surface area (Å²) < 4.78 is 11.4. The molecule has 1 aliphatic heterocycles. The number of pyridine rings is 1. The van der Waals surface area contributed by atoms with E-state index < -0.39 is 0 Å². The maximum absolute atomic E-state index is 6.04. The van der Waals surface area contributed by atoms with E-state index in [1.165, 1.54) is 0 Å². The first-order chi connectivity index (χ1) is 14.2. The standard InChI is InChI=1S/C22H25N5O2/c1-27(2)21-8-5-17(15-24-21)25-22-23-12-9-20(26-22)16-3-6-18(7-4-16)29-19-10-13-28-14-11-19/h3-9,12,15,19H,10-11,13-14H2,1-2H3,(H,23,25,26). The molecule has 150 valence electrons. The molecule has 1 N–H and O–H groups in total. The minimum atomic E-state index is 0.233. The van der Waals surface area contributed by atoms with Gasteiger partial charge in [-0.25, -0.2) is 15.0 Å². The summed E-state index contributed by atoms with van der Waals surface area (Å²) in [4.78, 5) is 15.3. The third kappa shape index (κ3) is 5.00. The number of ether oxygens (including phenoxy) is 2. The minimum absolute atomic E-state index is 0.233. The average Bonchev–Trinajstić information content (AvgIpc) is 2.76. The summed E-state index contributed by atoms with van der Waals surface area (Å²) >= 11 is 0. The fraction of sp³-hybridized carbons (Fsp3) is 0.318. The summed E-state index contributed by atoms with van der Waals surface area (Å²) in [5.74, 6) is 2.30. The molecule has 0 unspecified atom stereocenters. The van der Waals surface area contributed by atoms with Crippen molar-refractivity contribution in [3.05, 3.63) is 54.9 Å². The third-order valence-electron chi connectivity index (χ3n) is 4.74. The van der Waals surface area contributed by atoms with E-state index in [0.717, 1.165) is 54.6 Å². The summed E-state index contributed by atoms with van der Waals surface area (Å²) in [6.45, 7) is 1.54. The maximum atomic E-state index is 6.04. The first-order valence-corrected chi connectivity index (χ1v) is 9.76. The third-order valence-corrected chi connectivity index (χ3v) is 4.74. The molecule has 0 bridgehead atoms. The highest BCUT2D eigenvalue weighted by Crippen LogP contribution is 2.24. The number of rotatable bonds is 6. The van der Waals surface area contributed by atoms with Crippen LogP contribution in [0.3, 0.4) is 0 Å². The second-order valence-electron chi connectivity index (χ2n) is 7.14. The van der Waals surface area contributed by atoms with Gasteiger partial charge < -0.3 is 19.7 Å². The van der Waals surface area contributed by atoms with Crippen LogP contribution >= 0.6 is 0 Å². The van der Waals surface area contributed by atoms with Gasteiger partial charge in [-0.15, -0.1) is 0 Å². The Morgan fingerprint density at radius 3 is 2.48 bits per heavy atom.